The lowest BCUT2D eigenvalue weighted by Gasteiger charge is -2.12. The standard InChI is InChI=1S/C19H23F3N4OS.HI/c1-3-11-27-15-8-6-5-7-14(15)12-25-18(23-4-2)24-10-9-17-26-16(13-28-17)19(20,21)22;/h3,5-8,13H,1,4,9-12H2,2H3,(H2,23,24,25);1H. The number of aromatic nitrogens is 1. The molecule has 1 heterocycles. The first-order chi connectivity index (χ1) is 13.4. The van der Waals surface area contributed by atoms with Crippen LogP contribution in [0.2, 0.25) is 0 Å². The third kappa shape index (κ3) is 8.60. The van der Waals surface area contributed by atoms with Gasteiger partial charge in [-0.1, -0.05) is 30.9 Å². The van der Waals surface area contributed by atoms with Crippen LogP contribution in [-0.2, 0) is 19.1 Å². The molecule has 0 saturated heterocycles. The van der Waals surface area contributed by atoms with Gasteiger partial charge in [-0.15, -0.1) is 35.3 Å². The Balaban J connectivity index is 0.00000420. The summed E-state index contributed by atoms with van der Waals surface area (Å²) in [5, 5.41) is 7.70. The molecule has 29 heavy (non-hydrogen) atoms. The van der Waals surface area contributed by atoms with Gasteiger partial charge in [0.25, 0.3) is 0 Å². The number of alkyl halides is 3. The molecule has 0 saturated carbocycles. The maximum absolute atomic E-state index is 12.6. The summed E-state index contributed by atoms with van der Waals surface area (Å²) in [5.74, 6) is 1.32. The van der Waals surface area contributed by atoms with Crippen molar-refractivity contribution in [1.29, 1.82) is 0 Å². The number of ether oxygens (including phenoxy) is 1. The first-order valence-electron chi connectivity index (χ1n) is 8.79. The molecule has 0 radical (unpaired) electrons. The summed E-state index contributed by atoms with van der Waals surface area (Å²) in [7, 11) is 0. The summed E-state index contributed by atoms with van der Waals surface area (Å²) in [5.41, 5.74) is 0.0838. The highest BCUT2D eigenvalue weighted by Gasteiger charge is 2.33. The van der Waals surface area contributed by atoms with Crippen molar-refractivity contribution in [3.05, 3.63) is 58.6 Å². The Hall–Kier alpha value is -1.82. The van der Waals surface area contributed by atoms with Gasteiger partial charge in [0.05, 0.1) is 11.6 Å². The van der Waals surface area contributed by atoms with E-state index in [4.69, 9.17) is 4.74 Å². The second-order valence-corrected chi connectivity index (χ2v) is 6.65. The van der Waals surface area contributed by atoms with Crippen molar-refractivity contribution in [2.24, 2.45) is 4.99 Å². The van der Waals surface area contributed by atoms with Gasteiger partial charge in [-0.3, -0.25) is 0 Å². The zero-order valence-corrected chi connectivity index (χ0v) is 19.1. The molecule has 0 atom stereocenters. The number of nitrogens with one attached hydrogen (secondary N) is 2. The van der Waals surface area contributed by atoms with Crippen LogP contribution in [0.3, 0.4) is 0 Å². The molecule has 0 bridgehead atoms. The molecule has 0 unspecified atom stereocenters. The highest BCUT2D eigenvalue weighted by Crippen LogP contribution is 2.30. The van der Waals surface area contributed by atoms with Crippen LogP contribution in [-0.4, -0.2) is 30.6 Å². The average Bonchev–Trinajstić information content (AvgIpc) is 3.14. The Bertz CT molecular complexity index is 796. The molecule has 0 aliphatic rings. The van der Waals surface area contributed by atoms with E-state index in [-0.39, 0.29) is 24.0 Å². The van der Waals surface area contributed by atoms with Gasteiger partial charge in [0.1, 0.15) is 12.4 Å². The lowest BCUT2D eigenvalue weighted by Crippen LogP contribution is -2.38. The van der Waals surface area contributed by atoms with Gasteiger partial charge in [0.2, 0.25) is 0 Å². The lowest BCUT2D eigenvalue weighted by molar-refractivity contribution is -0.140. The van der Waals surface area contributed by atoms with E-state index in [9.17, 15) is 13.2 Å². The van der Waals surface area contributed by atoms with Gasteiger partial charge in [-0.25, -0.2) is 9.98 Å². The van der Waals surface area contributed by atoms with Gasteiger partial charge in [0.15, 0.2) is 11.7 Å². The van der Waals surface area contributed by atoms with E-state index < -0.39 is 11.9 Å². The molecule has 1 aromatic carbocycles. The second kappa shape index (κ2) is 12.7. The predicted molar refractivity (Wildman–Crippen MR) is 121 cm³/mol. The monoisotopic (exact) mass is 540 g/mol. The largest absolute Gasteiger partial charge is 0.489 e. The van der Waals surface area contributed by atoms with Crippen molar-refractivity contribution < 1.29 is 17.9 Å². The zero-order chi connectivity index (χ0) is 20.4. The molecule has 0 amide bonds. The number of nitrogens with zero attached hydrogens (tertiary/aromatic N) is 2. The van der Waals surface area contributed by atoms with Crippen LogP contribution in [0.15, 0.2) is 47.3 Å². The fraction of sp³-hybridized carbons (Fsp3) is 0.368. The predicted octanol–water partition coefficient (Wildman–Crippen LogP) is 4.64. The smallest absolute Gasteiger partial charge is 0.434 e. The fourth-order valence-corrected chi connectivity index (χ4v) is 3.08. The maximum Gasteiger partial charge on any atom is 0.434 e. The molecular formula is C19H24F3IN4OS. The minimum Gasteiger partial charge on any atom is -0.489 e. The second-order valence-electron chi connectivity index (χ2n) is 5.70. The normalized spacial score (nSPS) is 11.5. The van der Waals surface area contributed by atoms with E-state index in [2.05, 4.69) is 27.2 Å². The van der Waals surface area contributed by atoms with Gasteiger partial charge < -0.3 is 15.4 Å². The number of halogens is 4. The molecule has 0 spiro atoms. The van der Waals surface area contributed by atoms with Crippen LogP contribution >= 0.6 is 35.3 Å². The molecule has 1 aromatic heterocycles. The molecule has 0 fully saturated rings. The van der Waals surface area contributed by atoms with Crippen LogP contribution in [0.1, 0.15) is 23.2 Å². The van der Waals surface area contributed by atoms with Crippen molar-refractivity contribution in [2.75, 3.05) is 19.7 Å². The molecule has 160 valence electrons. The van der Waals surface area contributed by atoms with Gasteiger partial charge in [0, 0.05) is 30.5 Å². The molecule has 5 nitrogen and oxygen atoms in total. The van der Waals surface area contributed by atoms with Crippen LogP contribution in [0, 0.1) is 0 Å². The number of benzene rings is 1. The van der Waals surface area contributed by atoms with E-state index in [0.717, 1.165) is 28.0 Å². The number of aliphatic imine (C=N–C) groups is 1. The minimum absolute atomic E-state index is 0. The van der Waals surface area contributed by atoms with E-state index in [1.54, 1.807) is 6.08 Å². The van der Waals surface area contributed by atoms with Gasteiger partial charge in [-0.2, -0.15) is 13.2 Å². The fourth-order valence-electron chi connectivity index (χ4n) is 2.27. The van der Waals surface area contributed by atoms with Crippen molar-refractivity contribution in [2.45, 2.75) is 26.1 Å². The molecule has 2 rings (SSSR count). The Labute approximate surface area is 189 Å². The Morgan fingerprint density at radius 3 is 2.72 bits per heavy atom. The maximum atomic E-state index is 12.6. The number of guanidine groups is 1. The number of para-hydroxylation sites is 1. The van der Waals surface area contributed by atoms with E-state index in [1.165, 1.54) is 0 Å². The number of hydrogen-bond donors (Lipinski definition) is 2. The molecule has 0 aliphatic carbocycles. The van der Waals surface area contributed by atoms with Crippen LogP contribution in [0.5, 0.6) is 5.75 Å². The van der Waals surface area contributed by atoms with Crippen molar-refractivity contribution in [3.8, 4) is 5.75 Å². The zero-order valence-electron chi connectivity index (χ0n) is 16.0. The first-order valence-corrected chi connectivity index (χ1v) is 9.67. The van der Waals surface area contributed by atoms with E-state index >= 15 is 0 Å². The van der Waals surface area contributed by atoms with Crippen molar-refractivity contribution >= 4 is 41.3 Å². The number of thiazole rings is 1. The summed E-state index contributed by atoms with van der Waals surface area (Å²) in [6.45, 7) is 7.47. The SMILES string of the molecule is C=CCOc1ccccc1CN=C(NCC)NCCc1nc(C(F)(F)F)cs1.I. The Morgan fingerprint density at radius 2 is 2.07 bits per heavy atom. The molecular weight excluding hydrogens is 516 g/mol. The number of rotatable bonds is 9. The van der Waals surface area contributed by atoms with Crippen LogP contribution < -0.4 is 15.4 Å². The third-order valence-corrected chi connectivity index (χ3v) is 4.46. The summed E-state index contributed by atoms with van der Waals surface area (Å²) in [4.78, 5) is 8.15. The first kappa shape index (κ1) is 25.2. The van der Waals surface area contributed by atoms with Gasteiger partial charge >= 0.3 is 6.18 Å². The molecule has 0 aliphatic heterocycles. The Morgan fingerprint density at radius 1 is 1.31 bits per heavy atom. The Kier molecular flexibility index (Phi) is 11.0. The summed E-state index contributed by atoms with van der Waals surface area (Å²) >= 11 is 1.01. The highest BCUT2D eigenvalue weighted by molar-refractivity contribution is 14.0. The average molecular weight is 540 g/mol. The van der Waals surface area contributed by atoms with Crippen molar-refractivity contribution in [1.82, 2.24) is 15.6 Å². The van der Waals surface area contributed by atoms with E-state index in [1.807, 2.05) is 31.2 Å². The third-order valence-electron chi connectivity index (χ3n) is 3.55. The van der Waals surface area contributed by atoms with E-state index in [0.29, 0.717) is 43.6 Å². The molecule has 10 heteroatoms. The summed E-state index contributed by atoms with van der Waals surface area (Å²) in [6.07, 6.45) is -2.35. The van der Waals surface area contributed by atoms with Gasteiger partial charge in [-0.05, 0) is 13.0 Å². The minimum atomic E-state index is -4.40. The molecule has 2 aromatic rings. The quantitative estimate of drug-likeness (QED) is 0.211. The molecule has 2 N–H and O–H groups in total. The summed E-state index contributed by atoms with van der Waals surface area (Å²) < 4.78 is 43.4. The van der Waals surface area contributed by atoms with Crippen LogP contribution in [0.25, 0.3) is 0 Å². The lowest BCUT2D eigenvalue weighted by atomic mass is 10.2. The van der Waals surface area contributed by atoms with Crippen LogP contribution in [0.4, 0.5) is 13.2 Å². The summed E-state index contributed by atoms with van der Waals surface area (Å²) in [6, 6.07) is 7.60. The highest BCUT2D eigenvalue weighted by atomic mass is 127. The topological polar surface area (TPSA) is 58.5 Å². The number of hydrogen-bond acceptors (Lipinski definition) is 4. The van der Waals surface area contributed by atoms with Crippen molar-refractivity contribution in [3.63, 3.8) is 0 Å².